The lowest BCUT2D eigenvalue weighted by Gasteiger charge is -2.13. The fourth-order valence-corrected chi connectivity index (χ4v) is 5.25. The molecular formula is C23H23N4O4PS. The zero-order chi connectivity index (χ0) is 23.4. The summed E-state index contributed by atoms with van der Waals surface area (Å²) in [5.41, 5.74) is 4.88. The molecule has 0 saturated carbocycles. The summed E-state index contributed by atoms with van der Waals surface area (Å²) in [6.07, 6.45) is 1.97. The minimum atomic E-state index is -3.12. The van der Waals surface area contributed by atoms with Crippen LogP contribution in [0.3, 0.4) is 0 Å². The fourth-order valence-electron chi connectivity index (χ4n) is 3.32. The van der Waals surface area contributed by atoms with Crippen molar-refractivity contribution in [2.45, 2.75) is 6.16 Å². The van der Waals surface area contributed by atoms with Gasteiger partial charge < -0.3 is 19.7 Å². The molecule has 33 heavy (non-hydrogen) atoms. The Morgan fingerprint density at radius 2 is 1.88 bits per heavy atom. The highest BCUT2D eigenvalue weighted by Crippen LogP contribution is 2.49. The Balaban J connectivity index is 1.58. The van der Waals surface area contributed by atoms with Crippen molar-refractivity contribution in [3.63, 3.8) is 0 Å². The number of hydrogen-bond donors (Lipinski definition) is 2. The molecule has 0 unspecified atom stereocenters. The van der Waals surface area contributed by atoms with E-state index in [1.807, 2.05) is 47.8 Å². The summed E-state index contributed by atoms with van der Waals surface area (Å²) in [7, 11) is 1.24. The van der Waals surface area contributed by atoms with Crippen LogP contribution >= 0.6 is 18.9 Å². The van der Waals surface area contributed by atoms with Crippen LogP contribution in [0.4, 0.5) is 11.6 Å². The number of aromatic nitrogens is 2. The van der Waals surface area contributed by atoms with Crippen LogP contribution in [0.15, 0.2) is 60.1 Å². The van der Waals surface area contributed by atoms with Gasteiger partial charge >= 0.3 is 7.60 Å². The molecule has 0 aliphatic heterocycles. The Morgan fingerprint density at radius 3 is 2.58 bits per heavy atom. The summed E-state index contributed by atoms with van der Waals surface area (Å²) >= 11 is 1.55. The Kier molecular flexibility index (Phi) is 6.85. The van der Waals surface area contributed by atoms with Crippen LogP contribution in [0.25, 0.3) is 21.3 Å². The third kappa shape index (κ3) is 5.12. The van der Waals surface area contributed by atoms with Gasteiger partial charge in [-0.2, -0.15) is 0 Å². The first-order valence-electron chi connectivity index (χ1n) is 10.1. The molecule has 0 spiro atoms. The first-order valence-corrected chi connectivity index (χ1v) is 12.7. The fraction of sp³-hybridized carbons (Fsp3) is 0.174. The minimum Gasteiger partial charge on any atom is -0.355 e. The van der Waals surface area contributed by atoms with E-state index >= 15 is 0 Å². The molecule has 0 fully saturated rings. The first-order chi connectivity index (χ1) is 15.9. The molecule has 1 amide bonds. The maximum Gasteiger partial charge on any atom is 0.334 e. The largest absolute Gasteiger partial charge is 0.355 e. The van der Waals surface area contributed by atoms with Crippen molar-refractivity contribution in [1.29, 1.82) is 0 Å². The third-order valence-corrected chi connectivity index (χ3v) is 7.89. The second-order valence-corrected chi connectivity index (χ2v) is 10.4. The number of hydrogen-bond acceptors (Lipinski definition) is 8. The molecule has 4 rings (SSSR count). The lowest BCUT2D eigenvalue weighted by molar-refractivity contribution is 0.0963. The number of amides is 1. The molecule has 0 saturated heterocycles. The topological polar surface area (TPSA) is 102 Å². The van der Waals surface area contributed by atoms with Crippen molar-refractivity contribution in [3.8, 4) is 11.1 Å². The van der Waals surface area contributed by atoms with Crippen LogP contribution in [0.2, 0.25) is 0 Å². The van der Waals surface area contributed by atoms with Gasteiger partial charge in [-0.3, -0.25) is 9.36 Å². The number of benzene rings is 2. The highest BCUT2D eigenvalue weighted by molar-refractivity contribution is 7.52. The maximum atomic E-state index is 12.3. The highest BCUT2D eigenvalue weighted by atomic mass is 32.1. The first kappa shape index (κ1) is 23.1. The van der Waals surface area contributed by atoms with Crippen LogP contribution in [0.5, 0.6) is 0 Å². The molecular weight excluding hydrogens is 459 g/mol. The molecule has 0 aliphatic carbocycles. The number of carbonyl (C=O) groups is 1. The SMILES string of the molecule is CNC(=O)c1cccc(-c2csc3cnc(Nc4ccc(CP(=O)(OC)OC)cc4)nc23)c1. The number of nitrogens with one attached hydrogen (secondary N) is 2. The van der Waals surface area contributed by atoms with Crippen LogP contribution in [0, 0.1) is 0 Å². The van der Waals surface area contributed by atoms with Crippen LogP contribution in [-0.2, 0) is 19.8 Å². The van der Waals surface area contributed by atoms with E-state index < -0.39 is 7.60 Å². The van der Waals surface area contributed by atoms with Crippen LogP contribution in [-0.4, -0.2) is 37.1 Å². The second kappa shape index (κ2) is 9.80. The summed E-state index contributed by atoms with van der Waals surface area (Å²) in [6.45, 7) is 0. The second-order valence-electron chi connectivity index (χ2n) is 7.17. The maximum absolute atomic E-state index is 12.3. The Bertz CT molecular complexity index is 1330. The van der Waals surface area contributed by atoms with E-state index in [1.165, 1.54) is 14.2 Å². The van der Waals surface area contributed by atoms with Gasteiger partial charge in [0, 0.05) is 43.5 Å². The molecule has 2 aromatic heterocycles. The van der Waals surface area contributed by atoms with Gasteiger partial charge in [0.1, 0.15) is 0 Å². The van der Waals surface area contributed by atoms with Gasteiger partial charge in [-0.15, -0.1) is 11.3 Å². The van der Waals surface area contributed by atoms with Gasteiger partial charge in [-0.25, -0.2) is 9.97 Å². The zero-order valence-electron chi connectivity index (χ0n) is 18.4. The number of fused-ring (bicyclic) bond motifs is 1. The lowest BCUT2D eigenvalue weighted by Crippen LogP contribution is -2.17. The van der Waals surface area contributed by atoms with Crippen molar-refractivity contribution >= 4 is 46.7 Å². The predicted molar refractivity (Wildman–Crippen MR) is 131 cm³/mol. The van der Waals surface area contributed by atoms with Gasteiger partial charge in [-0.1, -0.05) is 24.3 Å². The van der Waals surface area contributed by atoms with Gasteiger partial charge in [0.2, 0.25) is 5.95 Å². The van der Waals surface area contributed by atoms with Gasteiger partial charge in [0.15, 0.2) is 0 Å². The van der Waals surface area contributed by atoms with E-state index in [0.29, 0.717) is 11.5 Å². The minimum absolute atomic E-state index is 0.135. The van der Waals surface area contributed by atoms with Crippen molar-refractivity contribution < 1.29 is 18.4 Å². The molecule has 170 valence electrons. The van der Waals surface area contributed by atoms with E-state index in [9.17, 15) is 9.36 Å². The molecule has 0 bridgehead atoms. The highest BCUT2D eigenvalue weighted by Gasteiger charge is 2.21. The van der Waals surface area contributed by atoms with Gasteiger partial charge in [0.25, 0.3) is 5.91 Å². The van der Waals surface area contributed by atoms with E-state index in [-0.39, 0.29) is 12.1 Å². The molecule has 2 heterocycles. The number of thiophene rings is 1. The molecule has 0 atom stereocenters. The average molecular weight is 483 g/mol. The van der Waals surface area contributed by atoms with Crippen LogP contribution in [0.1, 0.15) is 15.9 Å². The monoisotopic (exact) mass is 482 g/mol. The average Bonchev–Trinajstić information content (AvgIpc) is 3.28. The Labute approximate surface area is 195 Å². The Hall–Kier alpha value is -3.10. The van der Waals surface area contributed by atoms with E-state index in [1.54, 1.807) is 30.6 Å². The van der Waals surface area contributed by atoms with Crippen molar-refractivity contribution in [1.82, 2.24) is 15.3 Å². The Morgan fingerprint density at radius 1 is 1.12 bits per heavy atom. The molecule has 4 aromatic rings. The van der Waals surface area contributed by atoms with E-state index in [2.05, 4.69) is 15.6 Å². The predicted octanol–water partition coefficient (Wildman–Crippen LogP) is 5.45. The van der Waals surface area contributed by atoms with E-state index in [4.69, 9.17) is 14.0 Å². The smallest absolute Gasteiger partial charge is 0.334 e. The molecule has 2 N–H and O–H groups in total. The quantitative estimate of drug-likeness (QED) is 0.322. The molecule has 2 aromatic carbocycles. The zero-order valence-corrected chi connectivity index (χ0v) is 20.1. The summed E-state index contributed by atoms with van der Waals surface area (Å²) < 4.78 is 23.3. The lowest BCUT2D eigenvalue weighted by atomic mass is 10.0. The summed E-state index contributed by atoms with van der Waals surface area (Å²) in [6, 6.07) is 14.9. The summed E-state index contributed by atoms with van der Waals surface area (Å²) in [4.78, 5) is 21.1. The molecule has 0 radical (unpaired) electrons. The molecule has 10 heteroatoms. The van der Waals surface area contributed by atoms with Crippen molar-refractivity contribution in [2.24, 2.45) is 0 Å². The van der Waals surface area contributed by atoms with Crippen molar-refractivity contribution in [3.05, 3.63) is 71.2 Å². The van der Waals surface area contributed by atoms with Gasteiger partial charge in [-0.05, 0) is 35.4 Å². The number of nitrogens with zero attached hydrogens (tertiary/aromatic N) is 2. The summed E-state index contributed by atoms with van der Waals surface area (Å²) in [5.74, 6) is 0.320. The van der Waals surface area contributed by atoms with E-state index in [0.717, 1.165) is 32.6 Å². The summed E-state index contributed by atoms with van der Waals surface area (Å²) in [5, 5.41) is 7.88. The number of rotatable bonds is 8. The third-order valence-electron chi connectivity index (χ3n) is 5.12. The van der Waals surface area contributed by atoms with Crippen LogP contribution < -0.4 is 10.6 Å². The number of carbonyl (C=O) groups excluding carboxylic acids is 1. The normalized spacial score (nSPS) is 11.5. The molecule has 0 aliphatic rings. The number of anilines is 2. The standard InChI is InChI=1S/C23H23N4O4PS/c1-24-22(28)17-6-4-5-16(11-17)19-14-33-20-12-25-23(27-21(19)20)26-18-9-7-15(8-10-18)13-32(29,30-2)31-3/h4-12,14H,13H2,1-3H3,(H,24,28)(H,25,26,27). The van der Waals surface area contributed by atoms with Gasteiger partial charge in [0.05, 0.1) is 22.6 Å². The van der Waals surface area contributed by atoms with Crippen molar-refractivity contribution in [2.75, 3.05) is 26.6 Å². The molecule has 8 nitrogen and oxygen atoms in total.